The van der Waals surface area contributed by atoms with E-state index in [1.165, 1.54) is 40.3 Å². The molecule has 1 saturated heterocycles. The number of fused-ring (bicyclic) bond motifs is 1. The molecule has 0 unspecified atom stereocenters. The summed E-state index contributed by atoms with van der Waals surface area (Å²) in [5.41, 5.74) is -0.0590. The molecule has 0 spiro atoms. The van der Waals surface area contributed by atoms with Gasteiger partial charge in [0.05, 0.1) is 29.7 Å². The molecule has 5 rings (SSSR count). The number of hydrogen-bond donors (Lipinski definition) is 1. The van der Waals surface area contributed by atoms with Crippen LogP contribution in [-0.4, -0.2) is 58.9 Å². The average Bonchev–Trinajstić information content (AvgIpc) is 3.43. The molecule has 1 fully saturated rings. The van der Waals surface area contributed by atoms with Crippen LogP contribution in [0.1, 0.15) is 29.1 Å². The van der Waals surface area contributed by atoms with Gasteiger partial charge in [-0.3, -0.25) is 14.2 Å². The molecule has 0 bridgehead atoms. The highest BCUT2D eigenvalue weighted by atomic mass is 19.1. The number of carbonyl (C=O) groups is 1. The Kier molecular flexibility index (Phi) is 5.05. The molecule has 170 valence electrons. The van der Waals surface area contributed by atoms with Gasteiger partial charge in [0.15, 0.2) is 12.0 Å². The number of rotatable bonds is 4. The molecule has 11 heteroatoms. The number of aromatic nitrogens is 5. The molecular weight excluding hydrogens is 431 g/mol. The number of aryl methyl sites for hydroxylation is 1. The van der Waals surface area contributed by atoms with Crippen molar-refractivity contribution in [3.63, 3.8) is 0 Å². The summed E-state index contributed by atoms with van der Waals surface area (Å²) in [4.78, 5) is 35.5. The zero-order valence-electron chi connectivity index (χ0n) is 17.8. The fraction of sp³-hybridized carbons (Fsp3) is 0.318. The number of benzene rings is 1. The second-order valence-electron chi connectivity index (χ2n) is 8.23. The van der Waals surface area contributed by atoms with Gasteiger partial charge in [-0.2, -0.15) is 5.10 Å². The molecule has 1 aromatic carbocycles. The second-order valence-corrected chi connectivity index (χ2v) is 8.23. The second kappa shape index (κ2) is 7.93. The Morgan fingerprint density at radius 2 is 1.94 bits per heavy atom. The predicted octanol–water partition coefficient (Wildman–Crippen LogP) is 1.69. The van der Waals surface area contributed by atoms with Gasteiger partial charge in [0.25, 0.3) is 11.5 Å². The van der Waals surface area contributed by atoms with Crippen LogP contribution in [0.5, 0.6) is 0 Å². The molecule has 0 aliphatic carbocycles. The van der Waals surface area contributed by atoms with Gasteiger partial charge in [0.2, 0.25) is 5.76 Å². The molecular formula is C22H21FN6O4. The Labute approximate surface area is 186 Å². The minimum atomic E-state index is -1.17. The normalized spacial score (nSPS) is 15.8. The molecule has 0 atom stereocenters. The van der Waals surface area contributed by atoms with Gasteiger partial charge >= 0.3 is 0 Å². The number of likely N-dealkylation sites (tertiary alicyclic amines) is 1. The largest absolute Gasteiger partial charge is 0.438 e. The summed E-state index contributed by atoms with van der Waals surface area (Å²) < 4.78 is 21.2. The van der Waals surface area contributed by atoms with E-state index in [1.54, 1.807) is 24.0 Å². The van der Waals surface area contributed by atoms with Gasteiger partial charge in [-0.15, -0.1) is 0 Å². The van der Waals surface area contributed by atoms with Crippen LogP contribution in [0.15, 0.2) is 52.4 Å². The lowest BCUT2D eigenvalue weighted by Gasteiger charge is -2.38. The number of carbonyl (C=O) groups excluding carboxylic acids is 1. The van der Waals surface area contributed by atoms with E-state index >= 15 is 0 Å². The van der Waals surface area contributed by atoms with Gasteiger partial charge < -0.3 is 14.4 Å². The zero-order chi connectivity index (χ0) is 23.2. The highest BCUT2D eigenvalue weighted by Gasteiger charge is 2.36. The van der Waals surface area contributed by atoms with Crippen LogP contribution in [0.3, 0.4) is 0 Å². The highest BCUT2D eigenvalue weighted by molar-refractivity contribution is 5.92. The smallest absolute Gasteiger partial charge is 0.291 e. The van der Waals surface area contributed by atoms with Crippen LogP contribution < -0.4 is 5.56 Å². The molecule has 33 heavy (non-hydrogen) atoms. The first-order valence-corrected chi connectivity index (χ1v) is 10.5. The van der Waals surface area contributed by atoms with Gasteiger partial charge in [-0.1, -0.05) is 0 Å². The topological polar surface area (TPSA) is 119 Å². The van der Waals surface area contributed by atoms with Crippen LogP contribution >= 0.6 is 0 Å². The van der Waals surface area contributed by atoms with Crippen LogP contribution in [0.25, 0.3) is 16.7 Å². The van der Waals surface area contributed by atoms with Gasteiger partial charge in [0.1, 0.15) is 17.5 Å². The summed E-state index contributed by atoms with van der Waals surface area (Å²) in [6, 6.07) is 5.71. The molecule has 4 aromatic rings. The van der Waals surface area contributed by atoms with Crippen molar-refractivity contribution in [1.82, 2.24) is 29.2 Å². The number of hydrogen-bond acceptors (Lipinski definition) is 7. The molecule has 4 heterocycles. The number of piperidine rings is 1. The monoisotopic (exact) mass is 452 g/mol. The van der Waals surface area contributed by atoms with Crippen molar-refractivity contribution < 1.29 is 18.7 Å². The van der Waals surface area contributed by atoms with Crippen LogP contribution in [0, 0.1) is 12.7 Å². The molecule has 1 amide bonds. The van der Waals surface area contributed by atoms with Crippen LogP contribution in [0.4, 0.5) is 4.39 Å². The third kappa shape index (κ3) is 3.80. The highest BCUT2D eigenvalue weighted by Crippen LogP contribution is 2.25. The minimum absolute atomic E-state index is 0.0415. The molecule has 1 N–H and O–H groups in total. The molecule has 1 aliphatic rings. The van der Waals surface area contributed by atoms with Crippen molar-refractivity contribution in [2.75, 3.05) is 13.1 Å². The maximum Gasteiger partial charge on any atom is 0.291 e. The van der Waals surface area contributed by atoms with Crippen molar-refractivity contribution in [3.8, 4) is 5.69 Å². The summed E-state index contributed by atoms with van der Waals surface area (Å²) in [5, 5.41) is 15.6. The summed E-state index contributed by atoms with van der Waals surface area (Å²) in [6.45, 7) is 2.38. The summed E-state index contributed by atoms with van der Waals surface area (Å²) in [7, 11) is 0. The van der Waals surface area contributed by atoms with Crippen molar-refractivity contribution >= 4 is 16.9 Å². The van der Waals surface area contributed by atoms with E-state index in [2.05, 4.69) is 15.1 Å². The standard InChI is InChI=1S/C22H21FN6O4/c1-14-18(33-13-25-14)21(31)27-8-6-22(32,7-9-27)11-28-12-24-19-17(20(28)30)10-26-29(19)16-4-2-15(23)3-5-16/h2-5,10,12-13,32H,6-9,11H2,1H3. The van der Waals surface area contributed by atoms with E-state index in [9.17, 15) is 19.1 Å². The lowest BCUT2D eigenvalue weighted by Crippen LogP contribution is -2.49. The number of nitrogens with zero attached hydrogens (tertiary/aromatic N) is 6. The van der Waals surface area contributed by atoms with E-state index in [1.807, 2.05) is 0 Å². The van der Waals surface area contributed by atoms with E-state index in [0.29, 0.717) is 48.3 Å². The molecule has 3 aromatic heterocycles. The van der Waals surface area contributed by atoms with E-state index in [4.69, 9.17) is 4.42 Å². The quantitative estimate of drug-likeness (QED) is 0.500. The summed E-state index contributed by atoms with van der Waals surface area (Å²) >= 11 is 0. The molecule has 0 saturated carbocycles. The molecule has 10 nitrogen and oxygen atoms in total. The third-order valence-electron chi connectivity index (χ3n) is 6.01. The van der Waals surface area contributed by atoms with E-state index in [0.717, 1.165) is 0 Å². The van der Waals surface area contributed by atoms with Crippen molar-refractivity contribution in [3.05, 3.63) is 70.8 Å². The fourth-order valence-electron chi connectivity index (χ4n) is 4.08. The lowest BCUT2D eigenvalue weighted by molar-refractivity contribution is -0.0304. The maximum absolute atomic E-state index is 13.2. The van der Waals surface area contributed by atoms with Crippen LogP contribution in [0.2, 0.25) is 0 Å². The van der Waals surface area contributed by atoms with E-state index < -0.39 is 5.60 Å². The van der Waals surface area contributed by atoms with Crippen LogP contribution in [-0.2, 0) is 6.54 Å². The van der Waals surface area contributed by atoms with Gasteiger partial charge in [0, 0.05) is 13.1 Å². The fourth-order valence-corrected chi connectivity index (χ4v) is 4.08. The first-order valence-electron chi connectivity index (χ1n) is 10.5. The van der Waals surface area contributed by atoms with Gasteiger partial charge in [-0.25, -0.2) is 19.0 Å². The van der Waals surface area contributed by atoms with Crippen molar-refractivity contribution in [1.29, 1.82) is 0 Å². The zero-order valence-corrected chi connectivity index (χ0v) is 17.8. The summed E-state index contributed by atoms with van der Waals surface area (Å²) in [6.07, 6.45) is 4.61. The first kappa shape index (κ1) is 21.0. The predicted molar refractivity (Wildman–Crippen MR) is 114 cm³/mol. The lowest BCUT2D eigenvalue weighted by atomic mass is 9.91. The SMILES string of the molecule is Cc1ncoc1C(=O)N1CCC(O)(Cn2cnc3c(cnn3-c3ccc(F)cc3)c2=O)CC1. The maximum atomic E-state index is 13.2. The number of oxazole rings is 1. The Morgan fingerprint density at radius 1 is 1.21 bits per heavy atom. The number of aliphatic hydroxyl groups is 1. The third-order valence-corrected chi connectivity index (χ3v) is 6.01. The first-order chi connectivity index (χ1) is 15.8. The number of halogens is 1. The Bertz CT molecular complexity index is 1380. The average molecular weight is 452 g/mol. The molecule has 0 radical (unpaired) electrons. The van der Waals surface area contributed by atoms with Crippen molar-refractivity contribution in [2.24, 2.45) is 0 Å². The Hall–Kier alpha value is -3.86. The van der Waals surface area contributed by atoms with Gasteiger partial charge in [-0.05, 0) is 44.0 Å². The Balaban J connectivity index is 1.34. The molecule has 1 aliphatic heterocycles. The Morgan fingerprint density at radius 3 is 2.61 bits per heavy atom. The summed E-state index contributed by atoms with van der Waals surface area (Å²) in [5.74, 6) is -0.438. The number of amides is 1. The van der Waals surface area contributed by atoms with Crippen molar-refractivity contribution in [2.45, 2.75) is 31.9 Å². The minimum Gasteiger partial charge on any atom is -0.438 e. The van der Waals surface area contributed by atoms with E-state index in [-0.39, 0.29) is 29.6 Å².